The van der Waals surface area contributed by atoms with Crippen LogP contribution >= 0.6 is 15.9 Å². The Morgan fingerprint density at radius 1 is 1.47 bits per heavy atom. The zero-order chi connectivity index (χ0) is 10.8. The fraction of sp³-hybridized carbons (Fsp3) is 0.545. The Labute approximate surface area is 97.9 Å². The average molecular weight is 272 g/mol. The van der Waals surface area contributed by atoms with E-state index in [1.165, 1.54) is 0 Å². The van der Waals surface area contributed by atoms with Crippen LogP contribution in [0.15, 0.2) is 16.9 Å². The quantitative estimate of drug-likeness (QED) is 0.789. The van der Waals surface area contributed by atoms with Crippen molar-refractivity contribution in [2.75, 3.05) is 0 Å². The van der Waals surface area contributed by atoms with Crippen molar-refractivity contribution < 1.29 is 9.47 Å². The van der Waals surface area contributed by atoms with E-state index in [0.717, 1.165) is 18.6 Å². The molecular formula is C11H14BrNO2. The van der Waals surface area contributed by atoms with E-state index in [2.05, 4.69) is 20.9 Å². The molecule has 0 N–H and O–H groups in total. The summed E-state index contributed by atoms with van der Waals surface area (Å²) >= 11 is 3.37. The predicted octanol–water partition coefficient (Wildman–Crippen LogP) is 3.17. The summed E-state index contributed by atoms with van der Waals surface area (Å²) in [6.45, 7) is 3.97. The van der Waals surface area contributed by atoms with Gasteiger partial charge in [0.15, 0.2) is 16.1 Å². The van der Waals surface area contributed by atoms with Crippen LogP contribution in [0.25, 0.3) is 0 Å². The van der Waals surface area contributed by atoms with Gasteiger partial charge in [-0.3, -0.25) is 0 Å². The maximum atomic E-state index is 5.74. The van der Waals surface area contributed by atoms with Gasteiger partial charge in [0.25, 0.3) is 0 Å². The molecule has 1 aliphatic carbocycles. The first-order valence-electron chi connectivity index (χ1n) is 5.14. The number of pyridine rings is 1. The van der Waals surface area contributed by atoms with E-state index >= 15 is 0 Å². The lowest BCUT2D eigenvalue weighted by molar-refractivity contribution is 0.215. The second kappa shape index (κ2) is 4.39. The highest BCUT2D eigenvalue weighted by Gasteiger charge is 2.25. The lowest BCUT2D eigenvalue weighted by Gasteiger charge is -2.15. The number of aromatic nitrogens is 1. The van der Waals surface area contributed by atoms with Gasteiger partial charge >= 0.3 is 0 Å². The maximum absolute atomic E-state index is 5.74. The number of hydrogen-bond acceptors (Lipinski definition) is 3. The normalized spacial score (nSPS) is 15.5. The van der Waals surface area contributed by atoms with Crippen LogP contribution < -0.4 is 9.47 Å². The summed E-state index contributed by atoms with van der Waals surface area (Å²) in [6.07, 6.45) is 4.48. The van der Waals surface area contributed by atoms with Gasteiger partial charge in [-0.15, -0.1) is 0 Å². The van der Waals surface area contributed by atoms with Crippen molar-refractivity contribution in [3.8, 4) is 11.5 Å². The van der Waals surface area contributed by atoms with Crippen LogP contribution in [-0.4, -0.2) is 17.2 Å². The van der Waals surface area contributed by atoms with Crippen LogP contribution in [0.5, 0.6) is 11.5 Å². The molecule has 0 aromatic carbocycles. The number of hydrogen-bond donors (Lipinski definition) is 0. The van der Waals surface area contributed by atoms with Crippen molar-refractivity contribution in [2.45, 2.75) is 38.9 Å². The zero-order valence-electron chi connectivity index (χ0n) is 8.87. The van der Waals surface area contributed by atoms with E-state index in [-0.39, 0.29) is 6.10 Å². The SMILES string of the molecule is CC(C)Oc1c(OC2CC2)ccnc1Br. The van der Waals surface area contributed by atoms with E-state index in [1.54, 1.807) is 6.20 Å². The number of ether oxygens (including phenoxy) is 2. The third-order valence-electron chi connectivity index (χ3n) is 2.00. The molecule has 1 saturated carbocycles. The predicted molar refractivity (Wildman–Crippen MR) is 61.4 cm³/mol. The first kappa shape index (κ1) is 10.7. The van der Waals surface area contributed by atoms with Gasteiger partial charge in [-0.1, -0.05) is 0 Å². The van der Waals surface area contributed by atoms with Gasteiger partial charge in [-0.05, 0) is 42.6 Å². The molecule has 0 saturated heterocycles. The Morgan fingerprint density at radius 2 is 2.20 bits per heavy atom. The monoisotopic (exact) mass is 271 g/mol. The minimum absolute atomic E-state index is 0.118. The molecule has 0 amide bonds. The molecule has 2 rings (SSSR count). The molecule has 1 aromatic heterocycles. The van der Waals surface area contributed by atoms with Crippen molar-refractivity contribution in [3.63, 3.8) is 0 Å². The molecule has 1 fully saturated rings. The highest BCUT2D eigenvalue weighted by atomic mass is 79.9. The molecule has 1 aliphatic rings. The van der Waals surface area contributed by atoms with E-state index in [4.69, 9.17) is 9.47 Å². The molecule has 1 heterocycles. The molecule has 3 nitrogen and oxygen atoms in total. The average Bonchev–Trinajstić information content (AvgIpc) is 2.94. The van der Waals surface area contributed by atoms with Crippen LogP contribution in [0.3, 0.4) is 0 Å². The zero-order valence-corrected chi connectivity index (χ0v) is 10.5. The van der Waals surface area contributed by atoms with Crippen LogP contribution in [-0.2, 0) is 0 Å². The molecule has 0 bridgehead atoms. The van der Waals surface area contributed by atoms with Gasteiger partial charge in [-0.2, -0.15) is 0 Å². The van der Waals surface area contributed by atoms with Gasteiger partial charge in [-0.25, -0.2) is 4.98 Å². The Kier molecular flexibility index (Phi) is 3.14. The highest BCUT2D eigenvalue weighted by Crippen LogP contribution is 2.37. The second-order valence-corrected chi connectivity index (χ2v) is 4.66. The molecule has 1 aromatic rings. The minimum atomic E-state index is 0.118. The van der Waals surface area contributed by atoms with Crippen molar-refractivity contribution in [1.82, 2.24) is 4.98 Å². The van der Waals surface area contributed by atoms with Crippen LogP contribution in [0, 0.1) is 0 Å². The highest BCUT2D eigenvalue weighted by molar-refractivity contribution is 9.10. The first-order valence-corrected chi connectivity index (χ1v) is 5.94. The van der Waals surface area contributed by atoms with E-state index in [9.17, 15) is 0 Å². The Morgan fingerprint density at radius 3 is 2.80 bits per heavy atom. The van der Waals surface area contributed by atoms with Gasteiger partial charge < -0.3 is 9.47 Å². The minimum Gasteiger partial charge on any atom is -0.486 e. The van der Waals surface area contributed by atoms with Crippen molar-refractivity contribution in [2.24, 2.45) is 0 Å². The summed E-state index contributed by atoms with van der Waals surface area (Å²) in [7, 11) is 0. The summed E-state index contributed by atoms with van der Waals surface area (Å²) in [5.74, 6) is 1.49. The molecule has 82 valence electrons. The van der Waals surface area contributed by atoms with E-state index in [0.29, 0.717) is 16.5 Å². The fourth-order valence-corrected chi connectivity index (χ4v) is 1.61. The van der Waals surface area contributed by atoms with Gasteiger partial charge in [0.1, 0.15) is 0 Å². The standard InChI is InChI=1S/C11H14BrNO2/c1-7(2)14-10-9(15-8-3-4-8)5-6-13-11(10)12/h5-8H,3-4H2,1-2H3. The fourth-order valence-electron chi connectivity index (χ4n) is 1.21. The van der Waals surface area contributed by atoms with Crippen LogP contribution in [0.4, 0.5) is 0 Å². The molecule has 0 aliphatic heterocycles. The summed E-state index contributed by atoms with van der Waals surface area (Å²) in [6, 6.07) is 1.85. The van der Waals surface area contributed by atoms with Crippen molar-refractivity contribution >= 4 is 15.9 Å². The Hall–Kier alpha value is -0.770. The molecule has 4 heteroatoms. The molecular weight excluding hydrogens is 258 g/mol. The number of rotatable bonds is 4. The third kappa shape index (κ3) is 2.84. The third-order valence-corrected chi connectivity index (χ3v) is 2.56. The van der Waals surface area contributed by atoms with E-state index in [1.807, 2.05) is 19.9 Å². The summed E-state index contributed by atoms with van der Waals surface area (Å²) < 4.78 is 12.1. The van der Waals surface area contributed by atoms with Gasteiger partial charge in [0.2, 0.25) is 0 Å². The van der Waals surface area contributed by atoms with Crippen molar-refractivity contribution in [1.29, 1.82) is 0 Å². The van der Waals surface area contributed by atoms with Gasteiger partial charge in [0, 0.05) is 12.3 Å². The first-order chi connectivity index (χ1) is 7.16. The summed E-state index contributed by atoms with van der Waals surface area (Å²) in [5.41, 5.74) is 0. The lowest BCUT2D eigenvalue weighted by atomic mass is 10.4. The molecule has 0 unspecified atom stereocenters. The number of nitrogens with zero attached hydrogens (tertiary/aromatic N) is 1. The van der Waals surface area contributed by atoms with Gasteiger partial charge in [0.05, 0.1) is 12.2 Å². The van der Waals surface area contributed by atoms with Crippen molar-refractivity contribution in [3.05, 3.63) is 16.9 Å². The molecule has 0 radical (unpaired) electrons. The smallest absolute Gasteiger partial charge is 0.194 e. The molecule has 15 heavy (non-hydrogen) atoms. The van der Waals surface area contributed by atoms with Crippen LogP contribution in [0.2, 0.25) is 0 Å². The Bertz CT molecular complexity index is 350. The molecule has 0 atom stereocenters. The Balaban J connectivity index is 2.21. The summed E-state index contributed by atoms with van der Waals surface area (Å²) in [5, 5.41) is 0. The molecule has 0 spiro atoms. The van der Waals surface area contributed by atoms with E-state index < -0.39 is 0 Å². The second-order valence-electron chi connectivity index (χ2n) is 3.91. The van der Waals surface area contributed by atoms with Crippen LogP contribution in [0.1, 0.15) is 26.7 Å². The maximum Gasteiger partial charge on any atom is 0.194 e. The number of halogens is 1. The topological polar surface area (TPSA) is 31.4 Å². The summed E-state index contributed by atoms with van der Waals surface area (Å²) in [4.78, 5) is 4.13. The lowest BCUT2D eigenvalue weighted by Crippen LogP contribution is -2.09. The largest absolute Gasteiger partial charge is 0.486 e.